The molecule has 0 spiro atoms. The molecule has 0 fully saturated rings. The highest BCUT2D eigenvalue weighted by Gasteiger charge is 2.30. The van der Waals surface area contributed by atoms with E-state index in [2.05, 4.69) is 174 Å². The van der Waals surface area contributed by atoms with Crippen molar-refractivity contribution in [2.24, 2.45) is 0 Å². The predicted molar refractivity (Wildman–Crippen MR) is 454 cm³/mol. The summed E-state index contributed by atoms with van der Waals surface area (Å²) in [5.74, 6) is -2.22. The molecule has 5 atom stereocenters. The van der Waals surface area contributed by atoms with Crippen molar-refractivity contribution in [3.05, 3.63) is 146 Å². The fourth-order valence-electron chi connectivity index (χ4n) is 11.3. The van der Waals surface area contributed by atoms with Crippen LogP contribution < -0.4 is 0 Å². The van der Waals surface area contributed by atoms with Gasteiger partial charge >= 0.3 is 39.5 Å². The van der Waals surface area contributed by atoms with Gasteiger partial charge in [-0.25, -0.2) is 9.13 Å². The molecular formula is C91H154O17P2. The van der Waals surface area contributed by atoms with E-state index < -0.39 is 97.5 Å². The van der Waals surface area contributed by atoms with Crippen LogP contribution in [0.5, 0.6) is 0 Å². The largest absolute Gasteiger partial charge is 0.472 e. The summed E-state index contributed by atoms with van der Waals surface area (Å²) in [6, 6.07) is 0. The van der Waals surface area contributed by atoms with Crippen molar-refractivity contribution in [2.75, 3.05) is 39.6 Å². The standard InChI is InChI=1S/C91H154O17P2/c1-5-9-13-17-21-25-29-33-36-39-42-45-48-52-55-59-63-67-71-75-88(93)101-81-86(107-90(95)77-73-69-65-61-57-51-32-28-24-20-16-12-8-4)83-105-109(97,98)103-79-85(92)80-104-110(99,100)106-84-87(108-91(96)78-74-70-66-62-58-54-50-47-44-41-38-35-31-27-23-19-15-11-7-3)82-102-89(94)76-72-68-64-60-56-53-49-46-43-40-37-34-30-26-22-18-14-10-6-2/h10-11,14-15,21-23,25-28,32-38,42-47,85-87,92H,5-9,12-13,16-20,24,29-31,39-41,48-84H2,1-4H3,(H,97,98)(H,99,100)/b14-10-,15-11-,25-21-,26-22-,27-23-,32-28-,36-33-,37-34-,38-35-,45-42-,46-43-,47-44-. The fraction of sp³-hybridized carbons (Fsp3) is 0.692. The number of hydrogen-bond donors (Lipinski definition) is 3. The molecule has 0 aromatic rings. The van der Waals surface area contributed by atoms with Crippen molar-refractivity contribution in [3.8, 4) is 0 Å². The van der Waals surface area contributed by atoms with Gasteiger partial charge in [-0.3, -0.25) is 37.3 Å². The van der Waals surface area contributed by atoms with E-state index >= 15 is 0 Å². The Balaban J connectivity index is 5.40. The third-order valence-corrected chi connectivity index (χ3v) is 19.7. The summed E-state index contributed by atoms with van der Waals surface area (Å²) in [7, 11) is -9.99. The molecule has 0 saturated carbocycles. The number of phosphoric acid groups is 2. The summed E-state index contributed by atoms with van der Waals surface area (Å²) in [6.45, 7) is 4.59. The van der Waals surface area contributed by atoms with E-state index in [1.54, 1.807) is 0 Å². The minimum Gasteiger partial charge on any atom is -0.462 e. The zero-order valence-electron chi connectivity index (χ0n) is 69.1. The van der Waals surface area contributed by atoms with Crippen molar-refractivity contribution >= 4 is 39.5 Å². The smallest absolute Gasteiger partial charge is 0.462 e. The molecular weight excluding hydrogens is 1430 g/mol. The SMILES string of the molecule is CC/C=C\C/C=C\C/C=C\C/C=C\CCCCCCCCC(=O)OCC(COP(=O)(O)OCC(O)COP(=O)(O)OCC(COC(=O)CCCCCCCC/C=C\C/C=C\C/C=C\CCCCC)OC(=O)CCCCCCC/C=C\CCCCCC)OC(=O)CCCCCCCC/C=C\C/C=C\C/C=C\C/C=C\CC. The van der Waals surface area contributed by atoms with Gasteiger partial charge in [-0.05, 0) is 167 Å². The van der Waals surface area contributed by atoms with Crippen molar-refractivity contribution in [3.63, 3.8) is 0 Å². The average molecular weight is 1580 g/mol. The van der Waals surface area contributed by atoms with Crippen LogP contribution >= 0.6 is 15.6 Å². The maximum atomic E-state index is 13.2. The summed E-state index contributed by atoms with van der Waals surface area (Å²) in [6.07, 6.45) is 95.1. The first-order chi connectivity index (χ1) is 53.7. The minimum absolute atomic E-state index is 0.0711. The van der Waals surface area contributed by atoms with Crippen LogP contribution in [0.4, 0.5) is 0 Å². The molecule has 0 saturated heterocycles. The van der Waals surface area contributed by atoms with E-state index in [1.807, 2.05) is 0 Å². The first-order valence-electron chi connectivity index (χ1n) is 43.1. The molecule has 0 amide bonds. The Morgan fingerprint density at radius 2 is 0.473 bits per heavy atom. The predicted octanol–water partition coefficient (Wildman–Crippen LogP) is 25.8. The molecule has 19 heteroatoms. The van der Waals surface area contributed by atoms with Gasteiger partial charge in [0.25, 0.3) is 0 Å². The first-order valence-corrected chi connectivity index (χ1v) is 46.1. The minimum atomic E-state index is -5.00. The number of carbonyl (C=O) groups is 4. The van der Waals surface area contributed by atoms with Crippen molar-refractivity contribution in [1.82, 2.24) is 0 Å². The zero-order chi connectivity index (χ0) is 80.3. The fourth-order valence-corrected chi connectivity index (χ4v) is 12.8. The van der Waals surface area contributed by atoms with Gasteiger partial charge in [0.1, 0.15) is 19.3 Å². The number of phosphoric ester groups is 2. The maximum absolute atomic E-state index is 13.2. The molecule has 0 radical (unpaired) electrons. The van der Waals surface area contributed by atoms with Gasteiger partial charge in [0, 0.05) is 25.7 Å². The molecule has 0 rings (SSSR count). The van der Waals surface area contributed by atoms with E-state index in [1.165, 1.54) is 44.9 Å². The summed E-state index contributed by atoms with van der Waals surface area (Å²) >= 11 is 0. The highest BCUT2D eigenvalue weighted by atomic mass is 31.2. The van der Waals surface area contributed by atoms with E-state index in [0.717, 1.165) is 225 Å². The molecule has 0 aromatic carbocycles. The lowest BCUT2D eigenvalue weighted by Crippen LogP contribution is -2.30. The second-order valence-corrected chi connectivity index (χ2v) is 31.3. The van der Waals surface area contributed by atoms with Gasteiger partial charge < -0.3 is 33.8 Å². The van der Waals surface area contributed by atoms with E-state index in [4.69, 9.17) is 37.0 Å². The second-order valence-electron chi connectivity index (χ2n) is 28.4. The number of aliphatic hydroxyl groups is 1. The van der Waals surface area contributed by atoms with Crippen LogP contribution in [-0.2, 0) is 65.4 Å². The Labute approximate surface area is 668 Å². The van der Waals surface area contributed by atoms with Crippen LogP contribution in [0.15, 0.2) is 146 Å². The van der Waals surface area contributed by atoms with Crippen LogP contribution in [-0.4, -0.2) is 96.7 Å². The lowest BCUT2D eigenvalue weighted by Gasteiger charge is -2.21. The summed E-state index contributed by atoms with van der Waals surface area (Å²) in [4.78, 5) is 73.3. The topological polar surface area (TPSA) is 237 Å². The third kappa shape index (κ3) is 81.0. The normalized spacial score (nSPS) is 14.5. The van der Waals surface area contributed by atoms with Gasteiger partial charge in [0.15, 0.2) is 12.2 Å². The monoisotopic (exact) mass is 1580 g/mol. The van der Waals surface area contributed by atoms with Crippen LogP contribution in [0.2, 0.25) is 0 Å². The molecule has 0 aliphatic heterocycles. The Hall–Kier alpha value is -5.06. The molecule has 17 nitrogen and oxygen atoms in total. The third-order valence-electron chi connectivity index (χ3n) is 17.8. The molecule has 0 aliphatic rings. The molecule has 110 heavy (non-hydrogen) atoms. The highest BCUT2D eigenvalue weighted by molar-refractivity contribution is 7.47. The van der Waals surface area contributed by atoms with Crippen molar-refractivity contribution in [1.29, 1.82) is 0 Å². The lowest BCUT2D eigenvalue weighted by molar-refractivity contribution is -0.161. The van der Waals surface area contributed by atoms with Crippen LogP contribution in [0.3, 0.4) is 0 Å². The van der Waals surface area contributed by atoms with Crippen LogP contribution in [0.1, 0.15) is 349 Å². The van der Waals surface area contributed by atoms with Gasteiger partial charge in [-0.2, -0.15) is 0 Å². The number of esters is 4. The van der Waals surface area contributed by atoms with E-state index in [0.29, 0.717) is 25.7 Å². The Morgan fingerprint density at radius 3 is 0.755 bits per heavy atom. The number of ether oxygens (including phenoxy) is 4. The number of rotatable bonds is 80. The molecule has 0 heterocycles. The Kier molecular flexibility index (Phi) is 78.2. The quantitative estimate of drug-likeness (QED) is 0.0169. The van der Waals surface area contributed by atoms with E-state index in [-0.39, 0.29) is 25.7 Å². The summed E-state index contributed by atoms with van der Waals surface area (Å²) in [5.41, 5.74) is 0. The molecule has 630 valence electrons. The van der Waals surface area contributed by atoms with Gasteiger partial charge in [-0.15, -0.1) is 0 Å². The average Bonchev–Trinajstić information content (AvgIpc) is 0.900. The second kappa shape index (κ2) is 81.9. The number of hydrogen-bond acceptors (Lipinski definition) is 15. The number of allylic oxidation sites excluding steroid dienone is 24. The number of unbranched alkanes of at least 4 members (excludes halogenated alkanes) is 30. The zero-order valence-corrected chi connectivity index (χ0v) is 70.9. The number of aliphatic hydroxyl groups excluding tert-OH is 1. The van der Waals surface area contributed by atoms with Gasteiger partial charge in [-0.1, -0.05) is 302 Å². The van der Waals surface area contributed by atoms with Crippen LogP contribution in [0.25, 0.3) is 0 Å². The van der Waals surface area contributed by atoms with Crippen LogP contribution in [0, 0.1) is 0 Å². The molecule has 0 bridgehead atoms. The highest BCUT2D eigenvalue weighted by Crippen LogP contribution is 2.45. The molecule has 3 N–H and O–H groups in total. The van der Waals surface area contributed by atoms with Crippen molar-refractivity contribution in [2.45, 2.75) is 367 Å². The molecule has 0 aromatic heterocycles. The van der Waals surface area contributed by atoms with Crippen molar-refractivity contribution < 1.29 is 80.2 Å². The maximum Gasteiger partial charge on any atom is 0.472 e. The summed E-state index contributed by atoms with van der Waals surface area (Å²) < 4.78 is 68.8. The summed E-state index contributed by atoms with van der Waals surface area (Å²) in [5, 5.41) is 10.7. The lowest BCUT2D eigenvalue weighted by atomic mass is 10.1. The first kappa shape index (κ1) is 105. The Bertz CT molecular complexity index is 2650. The number of carbonyl (C=O) groups excluding carboxylic acids is 4. The molecule has 5 unspecified atom stereocenters. The molecule has 0 aliphatic carbocycles. The Morgan fingerprint density at radius 1 is 0.264 bits per heavy atom. The van der Waals surface area contributed by atoms with Gasteiger partial charge in [0.2, 0.25) is 0 Å². The van der Waals surface area contributed by atoms with Gasteiger partial charge in [0.05, 0.1) is 26.4 Å². The van der Waals surface area contributed by atoms with E-state index in [9.17, 15) is 43.2 Å².